The number of phenolic OH excluding ortho intramolecular Hbond substituents is 2. The van der Waals surface area contributed by atoms with Crippen molar-refractivity contribution in [3.63, 3.8) is 0 Å². The van der Waals surface area contributed by atoms with Gasteiger partial charge < -0.3 is 47.3 Å². The van der Waals surface area contributed by atoms with Crippen LogP contribution in [0.4, 0.5) is 4.79 Å². The molecule has 35 heteroatoms. The third-order valence-corrected chi connectivity index (χ3v) is 51.8. The largest absolute Gasteiger partial charge is 0.542 e. The smallest absolute Gasteiger partial charge is 0.533 e. The first-order valence-corrected chi connectivity index (χ1v) is 66.0. The first kappa shape index (κ1) is 116. The van der Waals surface area contributed by atoms with Gasteiger partial charge in [0.05, 0.1) is 23.3 Å². The summed E-state index contributed by atoms with van der Waals surface area (Å²) < 4.78 is 40.3. The summed E-state index contributed by atoms with van der Waals surface area (Å²) in [6.07, 6.45) is 11.3. The average molecular weight is 2310 g/mol. The van der Waals surface area contributed by atoms with Crippen LogP contribution in [0.5, 0.6) is 40.2 Å². The third kappa shape index (κ3) is 31.6. The van der Waals surface area contributed by atoms with E-state index in [2.05, 4.69) is 313 Å². The van der Waals surface area contributed by atoms with Crippen molar-refractivity contribution < 1.29 is 66.5 Å². The molecule has 0 aliphatic carbocycles. The number of hydrogen-bond donors (Lipinski definition) is 5. The molecule has 2 amide bonds. The number of halogens is 5. The van der Waals surface area contributed by atoms with Crippen LogP contribution in [0.15, 0.2) is 232 Å². The Hall–Kier alpha value is -8.26. The summed E-state index contributed by atoms with van der Waals surface area (Å²) in [5.41, 5.74) is 5.64. The van der Waals surface area contributed by atoms with Crippen molar-refractivity contribution in [2.24, 2.45) is 0 Å². The molecule has 0 atom stereocenters. The first-order valence-electron chi connectivity index (χ1n) is 45.4. The zero-order chi connectivity index (χ0) is 103. The number of aliphatic hydroxyl groups excluding tert-OH is 2. The van der Waals surface area contributed by atoms with Crippen molar-refractivity contribution in [1.82, 2.24) is 40.0 Å². The number of hydrogen-bond acceptors (Lipinski definition) is 24. The number of aromatic nitrogens is 7. The van der Waals surface area contributed by atoms with Gasteiger partial charge >= 0.3 is 6.16 Å². The number of carbonyl (C=O) groups excluding carboxylic acids is 3. The zero-order valence-corrected chi connectivity index (χ0v) is 98.3. The Morgan fingerprint density at radius 2 is 0.655 bits per heavy atom. The summed E-state index contributed by atoms with van der Waals surface area (Å²) in [6, 6.07) is 53.9. The number of aliphatic hydroxyl groups is 2. The first-order chi connectivity index (χ1) is 64.9. The van der Waals surface area contributed by atoms with Gasteiger partial charge in [0.25, 0.3) is 53.4 Å². The van der Waals surface area contributed by atoms with E-state index in [1.165, 1.54) is 26.8 Å². The van der Waals surface area contributed by atoms with Crippen molar-refractivity contribution in [2.45, 2.75) is 217 Å². The molecule has 0 radical (unpaired) electrons. The fraction of sp³-hybridized carbons (Fsp3) is 0.365. The maximum atomic E-state index is 11.7. The van der Waals surface area contributed by atoms with Gasteiger partial charge in [0.2, 0.25) is 0 Å². The van der Waals surface area contributed by atoms with Crippen molar-refractivity contribution in [2.75, 3.05) is 37.1 Å². The van der Waals surface area contributed by atoms with E-state index in [9.17, 15) is 24.6 Å². The topological polar surface area (TPSA) is 290 Å². The molecule has 15 rings (SSSR count). The number of hydroxylamine groups is 2. The predicted molar refractivity (Wildman–Crippen MR) is 606 cm³/mol. The van der Waals surface area contributed by atoms with Crippen LogP contribution < -0.4 is 22.1 Å². The number of rotatable bonds is 19. The number of thioether (sulfide) groups is 2. The predicted octanol–water partition coefficient (Wildman–Crippen LogP) is 30.7. The Bertz CT molecular complexity index is 6130. The molecule has 1 aliphatic rings. The maximum absolute atomic E-state index is 11.7. The number of thiol groups is 1. The lowest BCUT2D eigenvalue weighted by molar-refractivity contribution is -0.176. The molecule has 1 fully saturated rings. The van der Waals surface area contributed by atoms with Gasteiger partial charge in [-0.05, 0) is 253 Å². The SMILES string of the molecule is CC(C)(C)[Si](C)(C)Oc1ccc(Br)c2cccnc12.CC(C)(C)[Si](C)(C)Oc1ccc(Cl)c2cccnc12.CC(C)(C)[Si](C)(C)Oc1ccc(I)c2cccnc12.CC(C)(C)[Si](C)(C)Oc1ccc(SCCO)c2cccnc12.CC(C)(C)[Si](C)(C)Oc1ccc(SCCOC(=O)ON2C(=O)CCC2=O)c2cccnc12.OCCS.Oc1ccc(Br)c2cccnc12.Oc1ccc(Cl)c2cccnc12. The van der Waals surface area contributed by atoms with Gasteiger partial charge in [0, 0.05) is 133 Å². The second-order valence-corrected chi connectivity index (χ2v) is 70.2. The van der Waals surface area contributed by atoms with Gasteiger partial charge in [-0.3, -0.25) is 49.3 Å². The Labute approximate surface area is 878 Å². The molecule has 0 bridgehead atoms. The summed E-state index contributed by atoms with van der Waals surface area (Å²) in [5.74, 6) is 5.31. The highest BCUT2D eigenvalue weighted by atomic mass is 127. The number of imide groups is 1. The monoisotopic (exact) mass is 2310 g/mol. The highest BCUT2D eigenvalue weighted by molar-refractivity contribution is 14.1. The number of benzene rings is 7. The number of ether oxygens (including phenoxy) is 1. The Morgan fingerprint density at radius 3 is 1.01 bits per heavy atom. The van der Waals surface area contributed by atoms with Crippen LogP contribution in [-0.2, 0) is 19.2 Å². The number of pyridine rings is 7. The lowest BCUT2D eigenvalue weighted by Crippen LogP contribution is -2.43. The lowest BCUT2D eigenvalue weighted by atomic mass is 10.2. The molecular formula is C104H131Br2Cl2IN8O14S3Si5. The van der Waals surface area contributed by atoms with Gasteiger partial charge in [-0.15, -0.1) is 23.5 Å². The number of phenols is 2. The van der Waals surface area contributed by atoms with Crippen molar-refractivity contribution >= 4 is 250 Å². The van der Waals surface area contributed by atoms with Crippen LogP contribution in [0.2, 0.25) is 101 Å². The van der Waals surface area contributed by atoms with E-state index in [1.807, 2.05) is 116 Å². The molecular weight excluding hydrogens is 2180 g/mol. The molecule has 8 heterocycles. The lowest BCUT2D eigenvalue weighted by Gasteiger charge is -2.36. The van der Waals surface area contributed by atoms with Crippen LogP contribution in [0.1, 0.15) is 117 Å². The molecule has 0 saturated carbocycles. The fourth-order valence-electron chi connectivity index (χ4n) is 11.8. The Morgan fingerprint density at radius 1 is 0.388 bits per heavy atom. The van der Waals surface area contributed by atoms with Crippen LogP contribution >= 0.6 is 114 Å². The summed E-state index contributed by atoms with van der Waals surface area (Å²) in [5, 5.41) is 45.1. The molecule has 22 nitrogen and oxygen atoms in total. The summed E-state index contributed by atoms with van der Waals surface area (Å²) in [7, 11) is -9.43. The molecule has 744 valence electrons. The minimum atomic E-state index is -2.02. The summed E-state index contributed by atoms with van der Waals surface area (Å²) >= 11 is 28.2. The molecule has 1 saturated heterocycles. The Kier molecular flexibility index (Phi) is 42.0. The van der Waals surface area contributed by atoms with E-state index in [0.717, 1.165) is 107 Å². The molecule has 4 N–H and O–H groups in total. The molecule has 14 aromatic rings. The number of aromatic hydroxyl groups is 2. The van der Waals surface area contributed by atoms with Crippen molar-refractivity contribution in [3.05, 3.63) is 236 Å². The number of fused-ring (bicyclic) bond motifs is 7. The molecule has 139 heavy (non-hydrogen) atoms. The maximum Gasteiger partial charge on any atom is 0.533 e. The number of nitrogens with zero attached hydrogens (tertiary/aromatic N) is 8. The zero-order valence-electron chi connectivity index (χ0n) is 84.0. The molecule has 0 unspecified atom stereocenters. The van der Waals surface area contributed by atoms with E-state index in [1.54, 1.807) is 67.0 Å². The van der Waals surface area contributed by atoms with Crippen LogP contribution in [-0.4, -0.2) is 157 Å². The van der Waals surface area contributed by atoms with E-state index in [-0.39, 0.29) is 69.4 Å². The fourth-order valence-corrected chi connectivity index (χ4v) is 20.5. The van der Waals surface area contributed by atoms with Gasteiger partial charge in [0.1, 0.15) is 85.5 Å². The van der Waals surface area contributed by atoms with Crippen LogP contribution in [0, 0.1) is 3.57 Å². The summed E-state index contributed by atoms with van der Waals surface area (Å²) in [6.45, 7) is 56.3. The Balaban J connectivity index is 0.000000201. The minimum absolute atomic E-state index is 0.0399. The van der Waals surface area contributed by atoms with Gasteiger partial charge in [-0.2, -0.15) is 12.6 Å². The molecule has 7 aromatic carbocycles. The highest BCUT2D eigenvalue weighted by Crippen LogP contribution is 2.47. The number of amides is 2. The van der Waals surface area contributed by atoms with Gasteiger partial charge in [0.15, 0.2) is 0 Å². The summed E-state index contributed by atoms with van der Waals surface area (Å²) in [4.78, 5) is 72.1. The second kappa shape index (κ2) is 50.3. The van der Waals surface area contributed by atoms with E-state index in [0.29, 0.717) is 43.4 Å². The van der Waals surface area contributed by atoms with E-state index >= 15 is 0 Å². The van der Waals surface area contributed by atoms with Crippen LogP contribution in [0.3, 0.4) is 0 Å². The normalized spacial score (nSPS) is 12.6. The second-order valence-electron chi connectivity index (χ2n) is 40.1. The molecule has 0 spiro atoms. The molecule has 7 aromatic heterocycles. The van der Waals surface area contributed by atoms with E-state index in [4.69, 9.17) is 60.3 Å². The molecule has 1 aliphatic heterocycles. The average Bonchev–Trinajstić information content (AvgIpc) is 1.75. The third-order valence-electron chi connectivity index (χ3n) is 24.9. The van der Waals surface area contributed by atoms with Crippen molar-refractivity contribution in [3.8, 4) is 40.2 Å². The quantitative estimate of drug-likeness (QED) is 0.00956. The standard InChI is InChI=1S/C22H28N2O6SSi.C17H25NO2SSi.C15H20BrNOSi.C15H20ClNOSi.C15H20INOSi.C9H6BrNO.C9H6ClNO.C2H6OS/c1-22(2,3)32(4,5)30-16-8-9-17(15-7-6-12-23-20(15)16)31-14-13-28-21(27)29-24-18(25)10-11-19(24)26;1-17(2,3)22(4,5)20-14-8-9-15(21-12-11-19)13-7-6-10-18-16(13)14;3*1-15(2,3)19(4,5)18-13-9-8-12(16)11-7-6-10-17-14(11)13;2*10-7-3-4-8(12)9-6(7)2-1-5-11-9;3-1-2-4/h6-9,12H,10-11,13-14H2,1-5H3;6-10,19H,11-12H2,1-5H3;3*6-10H,1-5H3;2*1-5,12H;3-4H,1-2H2. The van der Waals surface area contributed by atoms with E-state index < -0.39 is 59.6 Å². The minimum Gasteiger partial charge on any atom is -0.542 e. The van der Waals surface area contributed by atoms with Crippen LogP contribution in [0.25, 0.3) is 76.3 Å². The van der Waals surface area contributed by atoms with Crippen molar-refractivity contribution in [1.29, 1.82) is 0 Å². The van der Waals surface area contributed by atoms with Gasteiger partial charge in [-0.25, -0.2) is 4.79 Å². The number of carbonyl (C=O) groups is 3. The highest BCUT2D eigenvalue weighted by Gasteiger charge is 2.44. The van der Waals surface area contributed by atoms with Gasteiger partial charge in [-0.1, -0.05) is 194 Å².